The summed E-state index contributed by atoms with van der Waals surface area (Å²) in [6, 6.07) is 6.57. The molecule has 0 bridgehead atoms. The van der Waals surface area contributed by atoms with Crippen molar-refractivity contribution >= 4 is 21.9 Å². The molecule has 0 radical (unpaired) electrons. The lowest BCUT2D eigenvalue weighted by Gasteiger charge is -2.30. The minimum absolute atomic E-state index is 0.107. The SMILES string of the molecule is CC(C)[C@](C)(C#N)NC(=O)COC(=O)C1CCN(S(=O)(=O)c2ccc3c(c2)OCCO3)CC1. The predicted octanol–water partition coefficient (Wildman–Crippen LogP) is 1.46. The fraction of sp³-hybridized carbons (Fsp3) is 0.591. The van der Waals surface area contributed by atoms with Crippen LogP contribution in [0.1, 0.15) is 33.6 Å². The van der Waals surface area contributed by atoms with E-state index in [1.54, 1.807) is 13.0 Å². The van der Waals surface area contributed by atoms with Gasteiger partial charge in [0, 0.05) is 19.2 Å². The van der Waals surface area contributed by atoms with E-state index in [1.807, 2.05) is 13.8 Å². The Labute approximate surface area is 193 Å². The predicted molar refractivity (Wildman–Crippen MR) is 117 cm³/mol. The first-order valence-electron chi connectivity index (χ1n) is 10.9. The number of carbonyl (C=O) groups is 2. The molecule has 1 N–H and O–H groups in total. The molecule has 11 heteroatoms. The third kappa shape index (κ3) is 5.57. The molecular weight excluding hydrogens is 450 g/mol. The van der Waals surface area contributed by atoms with Gasteiger partial charge in [0.25, 0.3) is 5.91 Å². The topological polar surface area (TPSA) is 135 Å². The lowest BCUT2D eigenvalue weighted by atomic mass is 9.90. The maximum Gasteiger partial charge on any atom is 0.309 e. The van der Waals surface area contributed by atoms with Crippen LogP contribution in [-0.2, 0) is 24.3 Å². The Hall–Kier alpha value is -2.84. The van der Waals surface area contributed by atoms with Crippen LogP contribution in [0.2, 0.25) is 0 Å². The zero-order valence-electron chi connectivity index (χ0n) is 19.0. The van der Waals surface area contributed by atoms with Crippen LogP contribution in [0.3, 0.4) is 0 Å². The summed E-state index contributed by atoms with van der Waals surface area (Å²) in [5.74, 6) is -0.831. The Morgan fingerprint density at radius 1 is 1.24 bits per heavy atom. The number of hydrogen-bond acceptors (Lipinski definition) is 8. The van der Waals surface area contributed by atoms with E-state index in [1.165, 1.54) is 16.4 Å². The highest BCUT2D eigenvalue weighted by atomic mass is 32.2. The number of esters is 1. The van der Waals surface area contributed by atoms with Gasteiger partial charge >= 0.3 is 5.97 Å². The highest BCUT2D eigenvalue weighted by Crippen LogP contribution is 2.34. The number of nitrogens with one attached hydrogen (secondary N) is 1. The number of hydrogen-bond donors (Lipinski definition) is 1. The Balaban J connectivity index is 1.52. The number of ether oxygens (including phenoxy) is 3. The summed E-state index contributed by atoms with van der Waals surface area (Å²) in [4.78, 5) is 24.6. The van der Waals surface area contributed by atoms with Gasteiger partial charge in [-0.15, -0.1) is 0 Å². The van der Waals surface area contributed by atoms with Gasteiger partial charge < -0.3 is 19.5 Å². The van der Waals surface area contributed by atoms with E-state index < -0.39 is 40.0 Å². The summed E-state index contributed by atoms with van der Waals surface area (Å²) in [7, 11) is -3.75. The summed E-state index contributed by atoms with van der Waals surface area (Å²) in [6.07, 6.45) is 0.568. The molecule has 0 aliphatic carbocycles. The van der Waals surface area contributed by atoms with Crippen LogP contribution < -0.4 is 14.8 Å². The first-order chi connectivity index (χ1) is 15.6. The van der Waals surface area contributed by atoms with Crippen LogP contribution in [0.15, 0.2) is 23.1 Å². The molecular formula is C22H29N3O7S. The zero-order chi connectivity index (χ0) is 24.2. The summed E-state index contributed by atoms with van der Waals surface area (Å²) >= 11 is 0. The Kier molecular flexibility index (Phi) is 7.49. The van der Waals surface area contributed by atoms with Crippen LogP contribution in [0, 0.1) is 23.2 Å². The van der Waals surface area contributed by atoms with Gasteiger partial charge in [-0.05, 0) is 37.8 Å². The van der Waals surface area contributed by atoms with Crippen molar-refractivity contribution in [1.29, 1.82) is 5.26 Å². The molecule has 0 aromatic heterocycles. The summed E-state index contributed by atoms with van der Waals surface area (Å²) < 4.78 is 43.4. The number of amides is 1. The Morgan fingerprint density at radius 3 is 2.48 bits per heavy atom. The minimum atomic E-state index is -3.75. The van der Waals surface area contributed by atoms with Crippen molar-refractivity contribution in [3.05, 3.63) is 18.2 Å². The van der Waals surface area contributed by atoms with E-state index in [0.29, 0.717) is 24.7 Å². The number of benzene rings is 1. The summed E-state index contributed by atoms with van der Waals surface area (Å²) in [6.45, 7) is 5.82. The number of nitriles is 1. The molecule has 2 aliphatic rings. The zero-order valence-corrected chi connectivity index (χ0v) is 19.8. The number of rotatable bonds is 7. The maximum absolute atomic E-state index is 13.0. The molecule has 1 aromatic rings. The van der Waals surface area contributed by atoms with Crippen LogP contribution >= 0.6 is 0 Å². The summed E-state index contributed by atoms with van der Waals surface area (Å²) in [5, 5.41) is 11.9. The first kappa shape index (κ1) is 24.8. The Morgan fingerprint density at radius 2 is 1.88 bits per heavy atom. The van der Waals surface area contributed by atoms with Gasteiger partial charge in [-0.2, -0.15) is 9.57 Å². The largest absolute Gasteiger partial charge is 0.486 e. The van der Waals surface area contributed by atoms with E-state index in [9.17, 15) is 23.3 Å². The molecule has 2 heterocycles. The van der Waals surface area contributed by atoms with E-state index in [0.717, 1.165) is 0 Å². The van der Waals surface area contributed by atoms with Crippen molar-refractivity contribution in [2.75, 3.05) is 32.9 Å². The molecule has 1 fully saturated rings. The molecule has 180 valence electrons. The van der Waals surface area contributed by atoms with Gasteiger partial charge in [0.1, 0.15) is 18.8 Å². The number of fused-ring (bicyclic) bond motifs is 1. The van der Waals surface area contributed by atoms with Gasteiger partial charge in [0.05, 0.1) is 16.9 Å². The Bertz CT molecular complexity index is 1040. The van der Waals surface area contributed by atoms with E-state index in [4.69, 9.17) is 14.2 Å². The molecule has 3 rings (SSSR count). The van der Waals surface area contributed by atoms with Crippen molar-refractivity contribution in [2.45, 2.75) is 44.0 Å². The second-order valence-corrected chi connectivity index (χ2v) is 10.5. The van der Waals surface area contributed by atoms with Crippen LogP contribution in [0.5, 0.6) is 11.5 Å². The molecule has 1 atom stereocenters. The minimum Gasteiger partial charge on any atom is -0.486 e. The highest BCUT2D eigenvalue weighted by Gasteiger charge is 2.34. The van der Waals surface area contributed by atoms with Gasteiger partial charge in [0.15, 0.2) is 18.1 Å². The second kappa shape index (κ2) is 9.97. The number of nitrogens with zero attached hydrogens (tertiary/aromatic N) is 2. The maximum atomic E-state index is 13.0. The van der Waals surface area contributed by atoms with E-state index in [2.05, 4.69) is 11.4 Å². The number of piperidine rings is 1. The molecule has 1 amide bonds. The molecule has 0 spiro atoms. The molecule has 33 heavy (non-hydrogen) atoms. The number of carbonyl (C=O) groups excluding carboxylic acids is 2. The smallest absolute Gasteiger partial charge is 0.309 e. The van der Waals surface area contributed by atoms with Crippen molar-refractivity contribution in [3.63, 3.8) is 0 Å². The van der Waals surface area contributed by atoms with Gasteiger partial charge in [-0.1, -0.05) is 13.8 Å². The van der Waals surface area contributed by atoms with Crippen LogP contribution in [-0.4, -0.2) is 63.0 Å². The van der Waals surface area contributed by atoms with E-state index in [-0.39, 0.29) is 36.7 Å². The van der Waals surface area contributed by atoms with Crippen molar-refractivity contribution in [3.8, 4) is 17.6 Å². The van der Waals surface area contributed by atoms with Gasteiger partial charge in [-0.3, -0.25) is 9.59 Å². The highest BCUT2D eigenvalue weighted by molar-refractivity contribution is 7.89. The first-order valence-corrected chi connectivity index (χ1v) is 12.3. The van der Waals surface area contributed by atoms with Crippen LogP contribution in [0.4, 0.5) is 0 Å². The van der Waals surface area contributed by atoms with Crippen LogP contribution in [0.25, 0.3) is 0 Å². The molecule has 1 saturated heterocycles. The third-order valence-corrected chi connectivity index (χ3v) is 7.96. The normalized spacial score (nSPS) is 18.8. The quantitative estimate of drug-likeness (QED) is 0.581. The average Bonchev–Trinajstić information content (AvgIpc) is 2.82. The third-order valence-electron chi connectivity index (χ3n) is 6.07. The van der Waals surface area contributed by atoms with Crippen molar-refractivity contribution < 1.29 is 32.2 Å². The molecule has 10 nitrogen and oxygen atoms in total. The molecule has 1 aromatic carbocycles. The molecule has 2 aliphatic heterocycles. The average molecular weight is 480 g/mol. The number of sulfonamides is 1. The summed E-state index contributed by atoms with van der Waals surface area (Å²) in [5.41, 5.74) is -1.06. The lowest BCUT2D eigenvalue weighted by molar-refractivity contribution is -0.154. The van der Waals surface area contributed by atoms with Crippen molar-refractivity contribution in [1.82, 2.24) is 9.62 Å². The standard InChI is InChI=1S/C22H29N3O7S/c1-15(2)22(3,14-23)24-20(26)13-32-21(27)16-6-8-25(9-7-16)33(28,29)17-4-5-18-19(12-17)31-11-10-30-18/h4-5,12,15-16H,6-11,13H2,1-3H3,(H,24,26)/t22-/m0/s1. The lowest BCUT2D eigenvalue weighted by Crippen LogP contribution is -2.50. The molecule has 0 saturated carbocycles. The van der Waals surface area contributed by atoms with E-state index >= 15 is 0 Å². The fourth-order valence-electron chi connectivity index (χ4n) is 3.55. The van der Waals surface area contributed by atoms with Crippen molar-refractivity contribution in [2.24, 2.45) is 11.8 Å². The monoisotopic (exact) mass is 479 g/mol. The van der Waals surface area contributed by atoms with Gasteiger partial charge in [0.2, 0.25) is 10.0 Å². The van der Waals surface area contributed by atoms with Gasteiger partial charge in [-0.25, -0.2) is 8.42 Å². The fourth-order valence-corrected chi connectivity index (χ4v) is 5.03. The second-order valence-electron chi connectivity index (χ2n) is 8.61. The molecule has 0 unspecified atom stereocenters.